The van der Waals surface area contributed by atoms with E-state index in [4.69, 9.17) is 10.2 Å². The second kappa shape index (κ2) is 8.47. The molecule has 4 nitrogen and oxygen atoms in total. The molecule has 0 aliphatic rings. The van der Waals surface area contributed by atoms with Gasteiger partial charge in [0.05, 0.1) is 0 Å². The molecule has 0 spiro atoms. The average Bonchev–Trinajstić information content (AvgIpc) is 2.48. The number of carbonyl (C=O) groups is 1. The molecule has 0 saturated carbocycles. The van der Waals surface area contributed by atoms with Gasteiger partial charge >= 0.3 is 123 Å². The third-order valence-corrected chi connectivity index (χ3v) is 4.58. The van der Waals surface area contributed by atoms with Crippen LogP contribution in [-0.2, 0) is 10.8 Å². The van der Waals surface area contributed by atoms with Crippen molar-refractivity contribution in [1.82, 2.24) is 0 Å². The number of hydrogen-bond donors (Lipinski definition) is 3. The van der Waals surface area contributed by atoms with Gasteiger partial charge in [0.1, 0.15) is 11.3 Å². The largest absolute Gasteiger partial charge is 0.507 e. The summed E-state index contributed by atoms with van der Waals surface area (Å²) >= 11 is 1.03. The van der Waals surface area contributed by atoms with Crippen LogP contribution >= 0.6 is 0 Å². The summed E-state index contributed by atoms with van der Waals surface area (Å²) in [5.74, 6) is -0.826. The first-order valence-corrected chi connectivity index (χ1v) is 9.61. The first-order chi connectivity index (χ1) is 11.7. The quantitative estimate of drug-likeness (QED) is 0.670. The maximum atomic E-state index is 10.4. The van der Waals surface area contributed by atoms with Crippen LogP contribution in [0.15, 0.2) is 36.4 Å². The number of phenols is 2. The topological polar surface area (TPSA) is 77.8 Å². The van der Waals surface area contributed by atoms with Gasteiger partial charge in [0.15, 0.2) is 0 Å². The average molecular weight is 366 g/mol. The van der Waals surface area contributed by atoms with E-state index in [0.29, 0.717) is 5.75 Å². The Morgan fingerprint density at radius 1 is 0.885 bits per heavy atom. The normalized spacial score (nSPS) is 11.5. The molecule has 0 atom stereocenters. The Kier molecular flexibility index (Phi) is 7.34. The molecule has 5 heteroatoms. The SMILES string of the molecule is CC(C)(C)c1c[c]([Na])cc(C(C)(C)C)c1O.O=C(O)c1ccccc1O. The second-order valence-corrected chi connectivity index (χ2v) is 9.69. The molecule has 0 aromatic heterocycles. The first kappa shape index (κ1) is 22.6. The molecule has 0 aliphatic heterocycles. The van der Waals surface area contributed by atoms with Crippen molar-refractivity contribution in [1.29, 1.82) is 0 Å². The number of carboxylic acid groups (broad SMARTS) is 1. The molecule has 0 radical (unpaired) electrons. The standard InChI is InChI=1S/C14H21O.C7H6O3.Na/c1-13(2,3)10-8-7-9-11(12(10)15)14(4,5)6;8-6-4-2-1-3-5(6)7(9)10;/h8-9,15H,1-6H3;1-4,8H,(H,9,10);. The Labute approximate surface area is 173 Å². The molecule has 0 unspecified atom stereocenters. The number of carboxylic acids is 1. The van der Waals surface area contributed by atoms with Crippen molar-refractivity contribution in [2.45, 2.75) is 52.4 Å². The Balaban J connectivity index is 0.000000289. The summed E-state index contributed by atoms with van der Waals surface area (Å²) < 4.78 is 1.35. The molecular weight excluding hydrogens is 339 g/mol. The summed E-state index contributed by atoms with van der Waals surface area (Å²) in [5.41, 5.74) is 2.09. The van der Waals surface area contributed by atoms with E-state index in [1.165, 1.54) is 14.9 Å². The fraction of sp³-hybridized carbons (Fsp3) is 0.381. The van der Waals surface area contributed by atoms with Gasteiger partial charge in [0.2, 0.25) is 0 Å². The molecule has 0 saturated heterocycles. The monoisotopic (exact) mass is 366 g/mol. The van der Waals surface area contributed by atoms with E-state index in [1.54, 1.807) is 12.1 Å². The van der Waals surface area contributed by atoms with Gasteiger partial charge in [-0.3, -0.25) is 0 Å². The molecule has 0 heterocycles. The number of benzene rings is 2. The first-order valence-electron chi connectivity index (χ1n) is 8.61. The number of phenolic OH excluding ortho intramolecular Hbond substituents is 1. The van der Waals surface area contributed by atoms with E-state index in [0.717, 1.165) is 39.1 Å². The molecule has 2 aromatic carbocycles. The molecular formula is C21H27NaO4. The zero-order chi connectivity index (χ0) is 20.3. The summed E-state index contributed by atoms with van der Waals surface area (Å²) in [6, 6.07) is 10.1. The van der Waals surface area contributed by atoms with Crippen LogP contribution in [-0.4, -0.2) is 49.2 Å². The Morgan fingerprint density at radius 3 is 1.62 bits per heavy atom. The number of para-hydroxylation sites is 1. The smallest absolute Gasteiger partial charge is 0.339 e. The Bertz CT molecular complexity index is 748. The number of hydrogen-bond acceptors (Lipinski definition) is 3. The van der Waals surface area contributed by atoms with Crippen LogP contribution in [0.3, 0.4) is 0 Å². The van der Waals surface area contributed by atoms with E-state index < -0.39 is 5.97 Å². The maximum Gasteiger partial charge on any atom is 0.339 e. The van der Waals surface area contributed by atoms with Gasteiger partial charge in [0.25, 0.3) is 0 Å². The Hall–Kier alpha value is -1.49. The maximum absolute atomic E-state index is 10.4. The van der Waals surface area contributed by atoms with Crippen LogP contribution < -0.4 is 2.81 Å². The van der Waals surface area contributed by atoms with E-state index in [1.807, 2.05) is 0 Å². The molecule has 0 fully saturated rings. The Morgan fingerprint density at radius 2 is 1.31 bits per heavy atom. The van der Waals surface area contributed by atoms with Gasteiger partial charge in [-0.2, -0.15) is 0 Å². The predicted molar refractivity (Wildman–Crippen MR) is 106 cm³/mol. The van der Waals surface area contributed by atoms with Crippen molar-refractivity contribution in [2.75, 3.05) is 0 Å². The van der Waals surface area contributed by atoms with Gasteiger partial charge in [-0.05, 0) is 12.1 Å². The summed E-state index contributed by atoms with van der Waals surface area (Å²) in [5, 5.41) is 27.7. The summed E-state index contributed by atoms with van der Waals surface area (Å²) in [6.07, 6.45) is 0. The zero-order valence-corrected chi connectivity index (χ0v) is 18.7. The molecule has 26 heavy (non-hydrogen) atoms. The number of rotatable bonds is 1. The molecule has 0 aliphatic carbocycles. The van der Waals surface area contributed by atoms with Crippen LogP contribution in [0.1, 0.15) is 63.0 Å². The second-order valence-electron chi connectivity index (χ2n) is 8.53. The molecule has 136 valence electrons. The van der Waals surface area contributed by atoms with Crippen molar-refractivity contribution in [3.05, 3.63) is 53.1 Å². The minimum atomic E-state index is -1.11. The van der Waals surface area contributed by atoms with Crippen LogP contribution in [0.2, 0.25) is 0 Å². The van der Waals surface area contributed by atoms with Crippen LogP contribution in [0, 0.1) is 0 Å². The fourth-order valence-corrected chi connectivity index (χ4v) is 3.15. The van der Waals surface area contributed by atoms with Gasteiger partial charge in [-0.15, -0.1) is 0 Å². The van der Waals surface area contributed by atoms with E-state index in [2.05, 4.69) is 53.7 Å². The summed E-state index contributed by atoms with van der Waals surface area (Å²) in [7, 11) is 0. The number of aromatic carboxylic acids is 1. The van der Waals surface area contributed by atoms with Crippen molar-refractivity contribution >= 4 is 36.7 Å². The van der Waals surface area contributed by atoms with Crippen molar-refractivity contribution < 1.29 is 20.1 Å². The van der Waals surface area contributed by atoms with E-state index in [-0.39, 0.29) is 22.1 Å². The molecule has 2 rings (SSSR count). The predicted octanol–water partition coefficient (Wildman–Crippen LogP) is 3.87. The third-order valence-electron chi connectivity index (χ3n) is 4.00. The van der Waals surface area contributed by atoms with Gasteiger partial charge in [-0.25, -0.2) is 4.79 Å². The van der Waals surface area contributed by atoms with Gasteiger partial charge < -0.3 is 10.2 Å². The van der Waals surface area contributed by atoms with E-state index in [9.17, 15) is 9.90 Å². The van der Waals surface area contributed by atoms with Crippen LogP contribution in [0.25, 0.3) is 0 Å². The van der Waals surface area contributed by atoms with Crippen molar-refractivity contribution in [3.8, 4) is 11.5 Å². The van der Waals surface area contributed by atoms with Crippen LogP contribution in [0.4, 0.5) is 0 Å². The minimum absolute atomic E-state index is 0.00447. The van der Waals surface area contributed by atoms with Gasteiger partial charge in [-0.1, -0.05) is 12.1 Å². The molecule has 2 aromatic rings. The minimum Gasteiger partial charge on any atom is -0.507 e. The fourth-order valence-electron chi connectivity index (χ4n) is 2.58. The van der Waals surface area contributed by atoms with Crippen LogP contribution in [0.5, 0.6) is 11.5 Å². The molecule has 0 bridgehead atoms. The molecule has 0 amide bonds. The van der Waals surface area contributed by atoms with Crippen molar-refractivity contribution in [2.24, 2.45) is 0 Å². The zero-order valence-electron chi connectivity index (χ0n) is 16.7. The summed E-state index contributed by atoms with van der Waals surface area (Å²) in [6.45, 7) is 12.9. The number of aromatic hydroxyl groups is 2. The van der Waals surface area contributed by atoms with Gasteiger partial charge in [0, 0.05) is 0 Å². The van der Waals surface area contributed by atoms with E-state index >= 15 is 0 Å². The van der Waals surface area contributed by atoms with Crippen molar-refractivity contribution in [3.63, 3.8) is 0 Å². The third kappa shape index (κ3) is 6.04. The molecule has 3 N–H and O–H groups in total. The summed E-state index contributed by atoms with van der Waals surface area (Å²) in [4.78, 5) is 10.3.